The van der Waals surface area contributed by atoms with Crippen LogP contribution in [-0.2, 0) is 25.2 Å². The fourth-order valence-electron chi connectivity index (χ4n) is 4.34. The summed E-state index contributed by atoms with van der Waals surface area (Å²) in [4.78, 5) is 4.62. The molecule has 7 heteroatoms. The van der Waals surface area contributed by atoms with Crippen LogP contribution in [0.5, 0.6) is 0 Å². The van der Waals surface area contributed by atoms with Gasteiger partial charge in [-0.25, -0.2) is 8.78 Å². The third kappa shape index (κ3) is 5.18. The Morgan fingerprint density at radius 3 is 2.08 bits per heavy atom. The SMILES string of the molecule is Cc1ccc(CN(Cc2ccco2)Cc2ccc(C(O)(c3cccc(F)c3)c3cccc(F)c3)o2)s1. The second-order valence-corrected chi connectivity index (χ2v) is 10.1. The van der Waals surface area contributed by atoms with Crippen LogP contribution < -0.4 is 0 Å². The van der Waals surface area contributed by atoms with Gasteiger partial charge in [-0.3, -0.25) is 4.90 Å². The Kier molecular flexibility index (Phi) is 6.87. The summed E-state index contributed by atoms with van der Waals surface area (Å²) in [5.74, 6) is 0.593. The maximum absolute atomic E-state index is 14.1. The molecule has 0 aliphatic heterocycles. The van der Waals surface area contributed by atoms with E-state index in [1.54, 1.807) is 41.9 Å². The normalized spacial score (nSPS) is 11.9. The first-order valence-corrected chi connectivity index (χ1v) is 12.4. The molecule has 36 heavy (non-hydrogen) atoms. The molecule has 184 valence electrons. The number of nitrogens with zero attached hydrogens (tertiary/aromatic N) is 1. The molecule has 3 aromatic heterocycles. The molecular weight excluding hydrogens is 480 g/mol. The molecule has 0 spiro atoms. The van der Waals surface area contributed by atoms with Gasteiger partial charge < -0.3 is 13.9 Å². The van der Waals surface area contributed by atoms with Crippen LogP contribution in [-0.4, -0.2) is 10.0 Å². The zero-order valence-corrected chi connectivity index (χ0v) is 20.5. The lowest BCUT2D eigenvalue weighted by Gasteiger charge is -2.27. The van der Waals surface area contributed by atoms with Crippen molar-refractivity contribution in [3.8, 4) is 0 Å². The van der Waals surface area contributed by atoms with Crippen molar-refractivity contribution in [1.82, 2.24) is 4.90 Å². The molecule has 1 N–H and O–H groups in total. The Bertz CT molecular complexity index is 1390. The summed E-state index contributed by atoms with van der Waals surface area (Å²) in [6, 6.07) is 22.7. The van der Waals surface area contributed by atoms with E-state index in [9.17, 15) is 13.9 Å². The van der Waals surface area contributed by atoms with Gasteiger partial charge in [0.15, 0.2) is 5.60 Å². The molecule has 0 saturated heterocycles. The number of halogens is 2. The molecule has 0 radical (unpaired) electrons. The number of aliphatic hydroxyl groups is 1. The fourth-order valence-corrected chi connectivity index (χ4v) is 5.27. The highest BCUT2D eigenvalue weighted by Crippen LogP contribution is 2.38. The van der Waals surface area contributed by atoms with E-state index in [-0.39, 0.29) is 16.9 Å². The molecule has 0 aliphatic rings. The van der Waals surface area contributed by atoms with Crippen LogP contribution in [0.25, 0.3) is 0 Å². The molecular formula is C29H25F2NO3S. The molecule has 0 amide bonds. The smallest absolute Gasteiger partial charge is 0.173 e. The molecule has 0 aliphatic carbocycles. The Morgan fingerprint density at radius 2 is 1.50 bits per heavy atom. The van der Waals surface area contributed by atoms with Gasteiger partial charge in [0, 0.05) is 16.3 Å². The van der Waals surface area contributed by atoms with Gasteiger partial charge in [-0.05, 0) is 78.7 Å². The lowest BCUT2D eigenvalue weighted by Crippen LogP contribution is -2.28. The predicted octanol–water partition coefficient (Wildman–Crippen LogP) is 7.01. The van der Waals surface area contributed by atoms with Crippen LogP contribution in [0.4, 0.5) is 8.78 Å². The zero-order chi connectivity index (χ0) is 25.1. The maximum Gasteiger partial charge on any atom is 0.173 e. The second kappa shape index (κ2) is 10.2. The van der Waals surface area contributed by atoms with Gasteiger partial charge in [0.05, 0.1) is 19.4 Å². The van der Waals surface area contributed by atoms with Gasteiger partial charge >= 0.3 is 0 Å². The number of aryl methyl sites for hydroxylation is 1. The van der Waals surface area contributed by atoms with E-state index < -0.39 is 17.2 Å². The first-order chi connectivity index (χ1) is 17.4. The van der Waals surface area contributed by atoms with Gasteiger partial charge in [-0.1, -0.05) is 24.3 Å². The van der Waals surface area contributed by atoms with Crippen LogP contribution in [0.2, 0.25) is 0 Å². The summed E-state index contributed by atoms with van der Waals surface area (Å²) in [6.45, 7) is 3.77. The third-order valence-corrected chi connectivity index (χ3v) is 7.00. The molecule has 5 aromatic rings. The van der Waals surface area contributed by atoms with E-state index in [1.807, 2.05) is 12.1 Å². The Hall–Kier alpha value is -3.52. The zero-order valence-electron chi connectivity index (χ0n) is 19.7. The van der Waals surface area contributed by atoms with Gasteiger partial charge in [0.1, 0.15) is 28.9 Å². The van der Waals surface area contributed by atoms with E-state index in [0.717, 1.165) is 5.76 Å². The standard InChI is InChI=1S/C29H25F2NO3S/c1-20-10-12-27(36-20)19-32(17-25-9-4-14-34-25)18-26-11-13-28(35-26)29(33,21-5-2-7-23(30)15-21)22-6-3-8-24(31)16-22/h2-16,33H,17-19H2,1H3. The van der Waals surface area contributed by atoms with Crippen molar-refractivity contribution in [2.75, 3.05) is 0 Å². The average molecular weight is 506 g/mol. The average Bonchev–Trinajstić information content (AvgIpc) is 3.62. The molecule has 5 rings (SSSR count). The quantitative estimate of drug-likeness (QED) is 0.234. The number of furan rings is 2. The van der Waals surface area contributed by atoms with Crippen LogP contribution in [0, 0.1) is 18.6 Å². The minimum Gasteiger partial charge on any atom is -0.468 e. The van der Waals surface area contributed by atoms with Crippen LogP contribution >= 0.6 is 11.3 Å². The van der Waals surface area contributed by atoms with Gasteiger partial charge in [0.2, 0.25) is 0 Å². The first-order valence-electron chi connectivity index (χ1n) is 11.5. The molecule has 0 fully saturated rings. The van der Waals surface area contributed by atoms with Crippen molar-refractivity contribution in [2.45, 2.75) is 32.2 Å². The molecule has 3 heterocycles. The van der Waals surface area contributed by atoms with E-state index >= 15 is 0 Å². The largest absolute Gasteiger partial charge is 0.468 e. The molecule has 0 bridgehead atoms. The van der Waals surface area contributed by atoms with Crippen molar-refractivity contribution in [3.63, 3.8) is 0 Å². The number of thiophene rings is 1. The summed E-state index contributed by atoms with van der Waals surface area (Å²) in [5, 5.41) is 11.9. The summed E-state index contributed by atoms with van der Waals surface area (Å²) < 4.78 is 40.0. The van der Waals surface area contributed by atoms with Gasteiger partial charge in [-0.2, -0.15) is 0 Å². The lowest BCUT2D eigenvalue weighted by atomic mass is 9.84. The summed E-state index contributed by atoms with van der Waals surface area (Å²) in [7, 11) is 0. The highest BCUT2D eigenvalue weighted by Gasteiger charge is 2.38. The van der Waals surface area contributed by atoms with E-state index in [1.165, 1.54) is 46.2 Å². The minimum absolute atomic E-state index is 0.179. The van der Waals surface area contributed by atoms with Crippen molar-refractivity contribution in [2.24, 2.45) is 0 Å². The molecule has 4 nitrogen and oxygen atoms in total. The second-order valence-electron chi connectivity index (χ2n) is 8.73. The van der Waals surface area contributed by atoms with E-state index in [2.05, 4.69) is 24.0 Å². The van der Waals surface area contributed by atoms with Crippen molar-refractivity contribution < 1.29 is 22.7 Å². The summed E-state index contributed by atoms with van der Waals surface area (Å²) >= 11 is 1.73. The highest BCUT2D eigenvalue weighted by atomic mass is 32.1. The first kappa shape index (κ1) is 24.2. The predicted molar refractivity (Wildman–Crippen MR) is 134 cm³/mol. The van der Waals surface area contributed by atoms with Crippen LogP contribution in [0.15, 0.2) is 100 Å². The van der Waals surface area contributed by atoms with Crippen molar-refractivity contribution >= 4 is 11.3 Å². The molecule has 2 aromatic carbocycles. The number of benzene rings is 2. The van der Waals surface area contributed by atoms with Crippen LogP contribution in [0.3, 0.4) is 0 Å². The Morgan fingerprint density at radius 1 is 0.806 bits per heavy atom. The monoisotopic (exact) mass is 505 g/mol. The summed E-state index contributed by atoms with van der Waals surface area (Å²) in [5.41, 5.74) is -1.38. The van der Waals surface area contributed by atoms with E-state index in [0.29, 0.717) is 25.4 Å². The summed E-state index contributed by atoms with van der Waals surface area (Å²) in [6.07, 6.45) is 1.64. The number of hydrogen-bond donors (Lipinski definition) is 1. The minimum atomic E-state index is -1.88. The topological polar surface area (TPSA) is 49.8 Å². The molecule has 0 atom stereocenters. The fraction of sp³-hybridized carbons (Fsp3) is 0.172. The van der Waals surface area contributed by atoms with Crippen molar-refractivity contribution in [1.29, 1.82) is 0 Å². The number of rotatable bonds is 9. The number of hydrogen-bond acceptors (Lipinski definition) is 5. The van der Waals surface area contributed by atoms with Gasteiger partial charge in [-0.15, -0.1) is 11.3 Å². The molecule has 0 unspecified atom stereocenters. The third-order valence-electron chi connectivity index (χ3n) is 6.02. The highest BCUT2D eigenvalue weighted by molar-refractivity contribution is 7.11. The Balaban J connectivity index is 1.48. The van der Waals surface area contributed by atoms with E-state index in [4.69, 9.17) is 8.83 Å². The molecule has 0 saturated carbocycles. The lowest BCUT2D eigenvalue weighted by molar-refractivity contribution is 0.0941. The van der Waals surface area contributed by atoms with Crippen molar-refractivity contribution in [3.05, 3.63) is 141 Å². The maximum atomic E-state index is 14.1. The Labute approximate surface area is 212 Å². The van der Waals surface area contributed by atoms with Gasteiger partial charge in [0.25, 0.3) is 0 Å². The van der Waals surface area contributed by atoms with Crippen LogP contribution in [0.1, 0.15) is 38.2 Å².